The molecule has 0 spiro atoms. The molecule has 0 aliphatic carbocycles. The summed E-state index contributed by atoms with van der Waals surface area (Å²) in [7, 11) is 0. The fraction of sp³-hybridized carbons (Fsp3) is 0.222. The first-order valence-corrected chi connectivity index (χ1v) is 8.11. The van der Waals surface area contributed by atoms with Gasteiger partial charge in [0.15, 0.2) is 11.4 Å². The van der Waals surface area contributed by atoms with Gasteiger partial charge >= 0.3 is 5.97 Å². The summed E-state index contributed by atoms with van der Waals surface area (Å²) >= 11 is 5.81. The van der Waals surface area contributed by atoms with Gasteiger partial charge in [0.1, 0.15) is 5.75 Å². The van der Waals surface area contributed by atoms with Crippen LogP contribution in [0.2, 0.25) is 5.02 Å². The third kappa shape index (κ3) is 5.68. The molecular formula is C18H16ClNO7. The number of ketones is 1. The van der Waals surface area contributed by atoms with Crippen molar-refractivity contribution in [3.8, 4) is 5.75 Å². The van der Waals surface area contributed by atoms with Crippen LogP contribution in [0.5, 0.6) is 5.75 Å². The summed E-state index contributed by atoms with van der Waals surface area (Å²) in [5.41, 5.74) is -0.492. The Morgan fingerprint density at radius 2 is 1.56 bits per heavy atom. The van der Waals surface area contributed by atoms with E-state index in [1.165, 1.54) is 26.0 Å². The summed E-state index contributed by atoms with van der Waals surface area (Å²) < 4.78 is 10.2. The third-order valence-electron chi connectivity index (χ3n) is 3.44. The number of carbonyl (C=O) groups is 2. The lowest BCUT2D eigenvalue weighted by molar-refractivity contribution is -0.765. The lowest BCUT2D eigenvalue weighted by atomic mass is 10.0. The molecule has 0 saturated carbocycles. The zero-order valence-electron chi connectivity index (χ0n) is 14.5. The monoisotopic (exact) mass is 393 g/mol. The van der Waals surface area contributed by atoms with Crippen molar-refractivity contribution in [1.29, 1.82) is 0 Å². The van der Waals surface area contributed by atoms with Crippen LogP contribution in [0.4, 0.5) is 0 Å². The predicted octanol–water partition coefficient (Wildman–Crippen LogP) is 3.44. The van der Waals surface area contributed by atoms with Gasteiger partial charge in [-0.3, -0.25) is 9.63 Å². The second kappa shape index (κ2) is 8.50. The lowest BCUT2D eigenvalue weighted by Gasteiger charge is -2.24. The Morgan fingerprint density at radius 3 is 2.07 bits per heavy atom. The van der Waals surface area contributed by atoms with Crippen LogP contribution in [-0.2, 0) is 14.4 Å². The average molecular weight is 394 g/mol. The maximum atomic E-state index is 12.4. The largest absolute Gasteiger partial charge is 0.476 e. The number of nitrogens with zero attached hydrogens (tertiary/aromatic N) is 1. The van der Waals surface area contributed by atoms with Gasteiger partial charge in [0.25, 0.3) is 5.09 Å². The Hall–Kier alpha value is -3.13. The van der Waals surface area contributed by atoms with Gasteiger partial charge in [-0.2, -0.15) is 0 Å². The van der Waals surface area contributed by atoms with Crippen LogP contribution in [-0.4, -0.2) is 29.2 Å². The number of rotatable bonds is 8. The zero-order chi connectivity index (χ0) is 20.0. The molecule has 0 atom stereocenters. The third-order valence-corrected chi connectivity index (χ3v) is 3.69. The number of hydrogen-bond acceptors (Lipinski definition) is 7. The van der Waals surface area contributed by atoms with Crippen molar-refractivity contribution >= 4 is 23.4 Å². The van der Waals surface area contributed by atoms with E-state index in [0.29, 0.717) is 21.9 Å². The van der Waals surface area contributed by atoms with E-state index in [9.17, 15) is 19.7 Å². The SMILES string of the molecule is CC(C)(Oc1ccc(C(=O)c2ccc(Cl)cc2)cc1)C(=O)OCO[N+](=O)[O-]. The van der Waals surface area contributed by atoms with Crippen LogP contribution in [0.25, 0.3) is 0 Å². The molecule has 0 unspecified atom stereocenters. The number of esters is 1. The van der Waals surface area contributed by atoms with E-state index in [-0.39, 0.29) is 5.78 Å². The zero-order valence-corrected chi connectivity index (χ0v) is 15.3. The molecule has 2 rings (SSSR count). The van der Waals surface area contributed by atoms with Gasteiger partial charge in [0, 0.05) is 16.1 Å². The number of carbonyl (C=O) groups excluding carboxylic acids is 2. The second-order valence-corrected chi connectivity index (χ2v) is 6.31. The first-order chi connectivity index (χ1) is 12.7. The van der Waals surface area contributed by atoms with Crippen molar-refractivity contribution in [3.63, 3.8) is 0 Å². The topological polar surface area (TPSA) is 105 Å². The van der Waals surface area contributed by atoms with Crippen LogP contribution < -0.4 is 4.74 Å². The molecule has 0 amide bonds. The second-order valence-electron chi connectivity index (χ2n) is 5.88. The molecular weight excluding hydrogens is 378 g/mol. The molecule has 0 aliphatic heterocycles. The Kier molecular flexibility index (Phi) is 6.36. The molecule has 0 fully saturated rings. The van der Waals surface area contributed by atoms with Crippen molar-refractivity contribution in [3.05, 3.63) is 74.8 Å². The van der Waals surface area contributed by atoms with Crippen LogP contribution in [0.3, 0.4) is 0 Å². The molecule has 9 heteroatoms. The normalized spacial score (nSPS) is 10.8. The van der Waals surface area contributed by atoms with E-state index >= 15 is 0 Å². The first-order valence-electron chi connectivity index (χ1n) is 7.73. The lowest BCUT2D eigenvalue weighted by Crippen LogP contribution is -2.40. The van der Waals surface area contributed by atoms with E-state index in [2.05, 4.69) is 9.57 Å². The van der Waals surface area contributed by atoms with E-state index in [4.69, 9.17) is 16.3 Å². The summed E-state index contributed by atoms with van der Waals surface area (Å²) in [6.45, 7) is 2.05. The van der Waals surface area contributed by atoms with E-state index < -0.39 is 23.4 Å². The highest BCUT2D eigenvalue weighted by molar-refractivity contribution is 6.30. The van der Waals surface area contributed by atoms with Gasteiger partial charge in [-0.15, -0.1) is 10.1 Å². The predicted molar refractivity (Wildman–Crippen MR) is 95.1 cm³/mol. The Bertz CT molecular complexity index is 832. The Morgan fingerprint density at radius 1 is 1.04 bits per heavy atom. The van der Waals surface area contributed by atoms with Gasteiger partial charge in [0.2, 0.25) is 6.79 Å². The van der Waals surface area contributed by atoms with E-state index in [1.807, 2.05) is 0 Å². The maximum Gasteiger partial charge on any atom is 0.351 e. The van der Waals surface area contributed by atoms with Crippen molar-refractivity contribution in [1.82, 2.24) is 0 Å². The van der Waals surface area contributed by atoms with Crippen LogP contribution >= 0.6 is 11.6 Å². The number of hydrogen-bond donors (Lipinski definition) is 0. The fourth-order valence-corrected chi connectivity index (χ4v) is 2.20. The molecule has 0 radical (unpaired) electrons. The molecule has 27 heavy (non-hydrogen) atoms. The minimum Gasteiger partial charge on any atom is -0.476 e. The molecule has 0 aliphatic rings. The highest BCUT2D eigenvalue weighted by atomic mass is 35.5. The van der Waals surface area contributed by atoms with Crippen LogP contribution in [0.1, 0.15) is 29.8 Å². The summed E-state index contributed by atoms with van der Waals surface area (Å²) in [4.78, 5) is 38.3. The molecule has 0 aromatic heterocycles. The quantitative estimate of drug-likeness (QED) is 0.222. The fourth-order valence-electron chi connectivity index (χ4n) is 2.08. The molecule has 2 aromatic rings. The van der Waals surface area contributed by atoms with E-state index in [0.717, 1.165) is 0 Å². The molecule has 0 saturated heterocycles. The van der Waals surface area contributed by atoms with Crippen molar-refractivity contribution < 1.29 is 29.0 Å². The molecule has 0 N–H and O–H groups in total. The molecule has 0 bridgehead atoms. The molecule has 142 valence electrons. The summed E-state index contributed by atoms with van der Waals surface area (Å²) in [6.07, 6.45) is 0. The van der Waals surface area contributed by atoms with E-state index in [1.54, 1.807) is 36.4 Å². The molecule has 8 nitrogen and oxygen atoms in total. The number of halogens is 1. The van der Waals surface area contributed by atoms with Gasteiger partial charge in [-0.25, -0.2) is 4.79 Å². The van der Waals surface area contributed by atoms with Gasteiger partial charge in [-0.1, -0.05) is 11.6 Å². The minimum absolute atomic E-state index is 0.186. The van der Waals surface area contributed by atoms with Crippen molar-refractivity contribution in [2.75, 3.05) is 6.79 Å². The molecule has 2 aromatic carbocycles. The maximum absolute atomic E-state index is 12.4. The van der Waals surface area contributed by atoms with Crippen molar-refractivity contribution in [2.24, 2.45) is 0 Å². The summed E-state index contributed by atoms with van der Waals surface area (Å²) in [6, 6.07) is 12.7. The molecule has 0 heterocycles. The van der Waals surface area contributed by atoms with Crippen LogP contribution in [0, 0.1) is 10.1 Å². The summed E-state index contributed by atoms with van der Waals surface area (Å²) in [5, 5.41) is 9.52. The van der Waals surface area contributed by atoms with Gasteiger partial charge < -0.3 is 9.47 Å². The Balaban J connectivity index is 2.01. The number of ether oxygens (including phenoxy) is 2. The van der Waals surface area contributed by atoms with Gasteiger partial charge in [0.05, 0.1) is 0 Å². The Labute approximate surface area is 159 Å². The first kappa shape index (κ1) is 20.2. The van der Waals surface area contributed by atoms with Gasteiger partial charge in [-0.05, 0) is 62.4 Å². The number of benzene rings is 2. The van der Waals surface area contributed by atoms with Crippen molar-refractivity contribution in [2.45, 2.75) is 19.4 Å². The summed E-state index contributed by atoms with van der Waals surface area (Å²) in [5.74, 6) is -0.709. The minimum atomic E-state index is -1.42. The smallest absolute Gasteiger partial charge is 0.351 e. The van der Waals surface area contributed by atoms with Crippen LogP contribution in [0.15, 0.2) is 48.5 Å². The highest BCUT2D eigenvalue weighted by Crippen LogP contribution is 2.22. The highest BCUT2D eigenvalue weighted by Gasteiger charge is 2.32. The average Bonchev–Trinajstić information content (AvgIpc) is 2.61. The standard InChI is InChI=1S/C18H16ClNO7/c1-18(2,17(22)25-11-26-20(23)24)27-15-9-5-13(6-10-15)16(21)12-3-7-14(19)8-4-12/h3-10H,11H2,1-2H3.